The molecule has 0 aliphatic carbocycles. The van der Waals surface area contributed by atoms with Crippen LogP contribution in [0, 0.1) is 0 Å². The Morgan fingerprint density at radius 1 is 1.50 bits per heavy atom. The van der Waals surface area contributed by atoms with Crippen LogP contribution < -0.4 is 0 Å². The fourth-order valence-corrected chi connectivity index (χ4v) is 3.31. The SMILES string of the molecule is CSc1cc(CCl)cc2c(O)csc12. The quantitative estimate of drug-likeness (QED) is 0.635. The van der Waals surface area contributed by atoms with E-state index in [-0.39, 0.29) is 0 Å². The van der Waals surface area contributed by atoms with E-state index in [1.54, 1.807) is 28.5 Å². The summed E-state index contributed by atoms with van der Waals surface area (Å²) in [6.07, 6.45) is 2.03. The normalized spacial score (nSPS) is 11.0. The number of rotatable bonds is 2. The second-order valence-corrected chi connectivity index (χ2v) is 4.92. The van der Waals surface area contributed by atoms with Crippen LogP contribution in [0.4, 0.5) is 0 Å². The number of fused-ring (bicyclic) bond motifs is 1. The molecule has 0 saturated heterocycles. The molecular weight excluding hydrogens is 236 g/mol. The predicted octanol–water partition coefficient (Wildman–Crippen LogP) is 4.07. The summed E-state index contributed by atoms with van der Waals surface area (Å²) >= 11 is 9.04. The summed E-state index contributed by atoms with van der Waals surface area (Å²) in [4.78, 5) is 1.18. The van der Waals surface area contributed by atoms with Crippen molar-refractivity contribution in [2.24, 2.45) is 0 Å². The number of hydrogen-bond acceptors (Lipinski definition) is 3. The molecule has 0 unspecified atom stereocenters. The highest BCUT2D eigenvalue weighted by Crippen LogP contribution is 2.38. The third-order valence-electron chi connectivity index (χ3n) is 2.05. The molecule has 1 aromatic carbocycles. The molecule has 74 valence electrons. The molecule has 0 spiro atoms. The molecule has 1 N–H and O–H groups in total. The third kappa shape index (κ3) is 1.60. The van der Waals surface area contributed by atoms with E-state index in [9.17, 15) is 5.11 Å². The Balaban J connectivity index is 2.76. The van der Waals surface area contributed by atoms with Gasteiger partial charge in [0.1, 0.15) is 5.75 Å². The summed E-state index contributed by atoms with van der Waals surface area (Å²) in [5.41, 5.74) is 1.05. The molecule has 0 radical (unpaired) electrons. The zero-order chi connectivity index (χ0) is 10.1. The van der Waals surface area contributed by atoms with Crippen LogP contribution in [0.15, 0.2) is 22.4 Å². The van der Waals surface area contributed by atoms with Gasteiger partial charge in [0, 0.05) is 21.5 Å². The number of benzene rings is 1. The molecule has 0 amide bonds. The summed E-state index contributed by atoms with van der Waals surface area (Å²) in [6, 6.07) is 4.03. The van der Waals surface area contributed by atoms with Gasteiger partial charge in [-0.2, -0.15) is 0 Å². The second kappa shape index (κ2) is 4.01. The lowest BCUT2D eigenvalue weighted by Crippen LogP contribution is -1.79. The van der Waals surface area contributed by atoms with Gasteiger partial charge < -0.3 is 5.11 Å². The monoisotopic (exact) mass is 244 g/mol. The van der Waals surface area contributed by atoms with Crippen molar-refractivity contribution in [1.82, 2.24) is 0 Å². The van der Waals surface area contributed by atoms with Gasteiger partial charge in [-0.05, 0) is 24.0 Å². The highest BCUT2D eigenvalue weighted by Gasteiger charge is 2.08. The Morgan fingerprint density at radius 3 is 2.93 bits per heavy atom. The minimum absolute atomic E-state index is 0.354. The number of thioether (sulfide) groups is 1. The van der Waals surface area contributed by atoms with Gasteiger partial charge in [0.15, 0.2) is 0 Å². The van der Waals surface area contributed by atoms with Gasteiger partial charge in [-0.1, -0.05) is 0 Å². The Morgan fingerprint density at radius 2 is 2.29 bits per heavy atom. The van der Waals surface area contributed by atoms with Crippen molar-refractivity contribution in [2.45, 2.75) is 10.8 Å². The molecule has 1 aromatic heterocycles. The summed E-state index contributed by atoms with van der Waals surface area (Å²) in [7, 11) is 0. The van der Waals surface area contributed by atoms with Crippen LogP contribution in [0.2, 0.25) is 0 Å². The summed E-state index contributed by atoms with van der Waals surface area (Å²) < 4.78 is 1.14. The van der Waals surface area contributed by atoms with Crippen molar-refractivity contribution < 1.29 is 5.11 Å². The topological polar surface area (TPSA) is 20.2 Å². The number of alkyl halides is 1. The largest absolute Gasteiger partial charge is 0.506 e. The maximum atomic E-state index is 9.61. The Kier molecular flexibility index (Phi) is 2.91. The number of thiophene rings is 1. The first-order valence-corrected chi connectivity index (χ1v) is 6.73. The fraction of sp³-hybridized carbons (Fsp3) is 0.200. The van der Waals surface area contributed by atoms with Gasteiger partial charge in [-0.15, -0.1) is 34.7 Å². The lowest BCUT2D eigenvalue weighted by Gasteiger charge is -2.02. The molecule has 0 fully saturated rings. The highest BCUT2D eigenvalue weighted by molar-refractivity contribution is 7.99. The van der Waals surface area contributed by atoms with Crippen LogP contribution in [0.1, 0.15) is 5.56 Å². The highest BCUT2D eigenvalue weighted by atomic mass is 35.5. The van der Waals surface area contributed by atoms with Crippen molar-refractivity contribution in [2.75, 3.05) is 6.26 Å². The molecule has 0 aliphatic heterocycles. The summed E-state index contributed by atoms with van der Waals surface area (Å²) in [5, 5.41) is 12.3. The number of halogens is 1. The molecule has 1 heterocycles. The predicted molar refractivity (Wildman–Crippen MR) is 64.8 cm³/mol. The van der Waals surface area contributed by atoms with Gasteiger partial charge in [-0.3, -0.25) is 0 Å². The van der Waals surface area contributed by atoms with E-state index in [1.807, 2.05) is 12.3 Å². The zero-order valence-corrected chi connectivity index (χ0v) is 9.97. The van der Waals surface area contributed by atoms with Gasteiger partial charge in [0.05, 0.1) is 4.70 Å². The Labute approximate surface area is 95.7 Å². The van der Waals surface area contributed by atoms with Crippen LogP contribution in [0.25, 0.3) is 10.1 Å². The van der Waals surface area contributed by atoms with Crippen molar-refractivity contribution in [3.8, 4) is 5.75 Å². The Bertz CT molecular complexity index is 464. The zero-order valence-electron chi connectivity index (χ0n) is 7.58. The van der Waals surface area contributed by atoms with Crippen LogP contribution in [-0.4, -0.2) is 11.4 Å². The van der Waals surface area contributed by atoms with Gasteiger partial charge in [0.25, 0.3) is 0 Å². The molecule has 14 heavy (non-hydrogen) atoms. The molecular formula is C10H9ClOS2. The van der Waals surface area contributed by atoms with E-state index in [0.29, 0.717) is 11.6 Å². The standard InChI is InChI=1S/C10H9ClOS2/c1-13-9-3-6(4-11)2-7-8(12)5-14-10(7)9/h2-3,5,12H,4H2,1H3. The number of aromatic hydroxyl groups is 1. The van der Waals surface area contributed by atoms with Crippen molar-refractivity contribution in [1.29, 1.82) is 0 Å². The molecule has 0 aliphatic rings. The first-order valence-electron chi connectivity index (χ1n) is 4.09. The van der Waals surface area contributed by atoms with Crippen LogP contribution in [0.5, 0.6) is 5.75 Å². The lowest BCUT2D eigenvalue weighted by atomic mass is 10.2. The molecule has 0 bridgehead atoms. The van der Waals surface area contributed by atoms with E-state index in [1.165, 1.54) is 4.90 Å². The second-order valence-electron chi connectivity index (χ2n) is 2.93. The van der Waals surface area contributed by atoms with E-state index in [4.69, 9.17) is 11.6 Å². The van der Waals surface area contributed by atoms with Crippen molar-refractivity contribution >= 4 is 44.8 Å². The molecule has 4 heteroatoms. The fourth-order valence-electron chi connectivity index (χ4n) is 1.38. The molecule has 0 atom stereocenters. The smallest absolute Gasteiger partial charge is 0.134 e. The van der Waals surface area contributed by atoms with E-state index in [0.717, 1.165) is 15.6 Å². The van der Waals surface area contributed by atoms with Gasteiger partial charge >= 0.3 is 0 Å². The first kappa shape index (κ1) is 10.1. The van der Waals surface area contributed by atoms with Crippen LogP contribution >= 0.6 is 34.7 Å². The van der Waals surface area contributed by atoms with Crippen molar-refractivity contribution in [3.05, 3.63) is 23.1 Å². The minimum atomic E-state index is 0.354. The lowest BCUT2D eigenvalue weighted by molar-refractivity contribution is 0.483. The average molecular weight is 245 g/mol. The molecule has 1 nitrogen and oxygen atoms in total. The molecule has 2 aromatic rings. The number of hydrogen-bond donors (Lipinski definition) is 1. The van der Waals surface area contributed by atoms with Crippen LogP contribution in [0.3, 0.4) is 0 Å². The molecule has 0 saturated carbocycles. The van der Waals surface area contributed by atoms with E-state index >= 15 is 0 Å². The Hall–Kier alpha value is -0.380. The maximum absolute atomic E-state index is 9.61. The summed E-state index contributed by atoms with van der Waals surface area (Å²) in [5.74, 6) is 0.839. The minimum Gasteiger partial charge on any atom is -0.506 e. The van der Waals surface area contributed by atoms with E-state index < -0.39 is 0 Å². The maximum Gasteiger partial charge on any atom is 0.134 e. The van der Waals surface area contributed by atoms with Gasteiger partial charge in [0.2, 0.25) is 0 Å². The first-order chi connectivity index (χ1) is 6.76. The third-order valence-corrected chi connectivity index (χ3v) is 4.27. The average Bonchev–Trinajstić information content (AvgIpc) is 2.59. The van der Waals surface area contributed by atoms with Gasteiger partial charge in [-0.25, -0.2) is 0 Å². The van der Waals surface area contributed by atoms with Crippen LogP contribution in [-0.2, 0) is 5.88 Å². The summed E-state index contributed by atoms with van der Waals surface area (Å²) in [6.45, 7) is 0. The van der Waals surface area contributed by atoms with E-state index in [2.05, 4.69) is 6.07 Å². The van der Waals surface area contributed by atoms with Crippen molar-refractivity contribution in [3.63, 3.8) is 0 Å². The molecule has 2 rings (SSSR count).